The smallest absolute Gasteiger partial charge is 0.139 e. The van der Waals surface area contributed by atoms with Crippen LogP contribution in [0.5, 0.6) is 0 Å². The van der Waals surface area contributed by atoms with Crippen molar-refractivity contribution >= 4 is 5.78 Å². The zero-order chi connectivity index (χ0) is 9.72. The fourth-order valence-electron chi connectivity index (χ4n) is 1.37. The van der Waals surface area contributed by atoms with E-state index in [0.29, 0.717) is 18.2 Å². The van der Waals surface area contributed by atoms with E-state index in [1.165, 1.54) is 0 Å². The van der Waals surface area contributed by atoms with E-state index in [1.54, 1.807) is 0 Å². The van der Waals surface area contributed by atoms with Crippen LogP contribution in [0, 0.1) is 17.8 Å². The summed E-state index contributed by atoms with van der Waals surface area (Å²) in [6.45, 7) is 8.61. The Bertz CT molecular complexity index is 141. The average molecular weight is 171 g/mol. The quantitative estimate of drug-likeness (QED) is 0.685. The van der Waals surface area contributed by atoms with Crippen molar-refractivity contribution in [2.75, 3.05) is 6.54 Å². The first-order valence-electron chi connectivity index (χ1n) is 4.72. The van der Waals surface area contributed by atoms with Crippen molar-refractivity contribution in [3.63, 3.8) is 0 Å². The van der Waals surface area contributed by atoms with E-state index < -0.39 is 0 Å². The van der Waals surface area contributed by atoms with Crippen molar-refractivity contribution in [1.82, 2.24) is 0 Å². The summed E-state index contributed by atoms with van der Waals surface area (Å²) >= 11 is 0. The fraction of sp³-hybridized carbons (Fsp3) is 0.900. The molecule has 0 saturated carbocycles. The number of hydrogen-bond acceptors (Lipinski definition) is 2. The topological polar surface area (TPSA) is 43.1 Å². The van der Waals surface area contributed by atoms with Crippen molar-refractivity contribution < 1.29 is 4.79 Å². The van der Waals surface area contributed by atoms with Crippen molar-refractivity contribution in [2.24, 2.45) is 23.5 Å². The maximum absolute atomic E-state index is 11.5. The number of Topliss-reactive ketones (excluding diaryl/α,β-unsaturated/α-hetero) is 1. The summed E-state index contributed by atoms with van der Waals surface area (Å²) in [6, 6.07) is 0. The van der Waals surface area contributed by atoms with Gasteiger partial charge in [0.25, 0.3) is 0 Å². The number of carbonyl (C=O) groups is 1. The lowest BCUT2D eigenvalue weighted by Crippen LogP contribution is -2.28. The number of hydrogen-bond donors (Lipinski definition) is 1. The molecule has 0 fully saturated rings. The van der Waals surface area contributed by atoms with E-state index in [2.05, 4.69) is 13.8 Å². The normalized spacial score (nSPS) is 13.9. The molecule has 2 nitrogen and oxygen atoms in total. The van der Waals surface area contributed by atoms with Gasteiger partial charge in [-0.15, -0.1) is 0 Å². The third-order valence-corrected chi connectivity index (χ3v) is 2.01. The standard InChI is InChI=1S/C10H21NO/c1-7(2)5-9(6-11)10(12)8(3)4/h7-9H,5-6,11H2,1-4H3/t9-/m1/s1. The molecule has 0 aromatic heterocycles. The van der Waals surface area contributed by atoms with Crippen molar-refractivity contribution in [2.45, 2.75) is 34.1 Å². The van der Waals surface area contributed by atoms with Gasteiger partial charge in [0, 0.05) is 18.4 Å². The molecule has 0 aromatic carbocycles. The molecule has 0 unspecified atom stereocenters. The van der Waals surface area contributed by atoms with Gasteiger partial charge >= 0.3 is 0 Å². The Morgan fingerprint density at radius 3 is 2.00 bits per heavy atom. The Hall–Kier alpha value is -0.370. The van der Waals surface area contributed by atoms with Crippen molar-refractivity contribution in [3.8, 4) is 0 Å². The first kappa shape index (κ1) is 11.6. The number of rotatable bonds is 5. The van der Waals surface area contributed by atoms with Gasteiger partial charge in [-0.25, -0.2) is 0 Å². The second kappa shape index (κ2) is 5.31. The Morgan fingerprint density at radius 2 is 1.75 bits per heavy atom. The molecule has 0 saturated heterocycles. The van der Waals surface area contributed by atoms with Crippen LogP contribution in [0.1, 0.15) is 34.1 Å². The van der Waals surface area contributed by atoms with Crippen LogP contribution in [0.2, 0.25) is 0 Å². The lowest BCUT2D eigenvalue weighted by Gasteiger charge is -2.17. The molecule has 0 aromatic rings. The molecule has 0 rings (SSSR count). The predicted octanol–water partition coefficient (Wildman–Crippen LogP) is 1.83. The van der Waals surface area contributed by atoms with E-state index >= 15 is 0 Å². The highest BCUT2D eigenvalue weighted by molar-refractivity contribution is 5.82. The van der Waals surface area contributed by atoms with Crippen LogP contribution < -0.4 is 5.73 Å². The molecule has 0 aliphatic heterocycles. The largest absolute Gasteiger partial charge is 0.330 e. The molecular weight excluding hydrogens is 150 g/mol. The van der Waals surface area contributed by atoms with Gasteiger partial charge in [-0.05, 0) is 12.3 Å². The van der Waals surface area contributed by atoms with Crippen LogP contribution in [0.3, 0.4) is 0 Å². The van der Waals surface area contributed by atoms with Crippen LogP contribution in [0.25, 0.3) is 0 Å². The molecule has 2 N–H and O–H groups in total. The Morgan fingerprint density at radius 1 is 1.25 bits per heavy atom. The zero-order valence-electron chi connectivity index (χ0n) is 8.63. The molecule has 0 radical (unpaired) electrons. The lowest BCUT2D eigenvalue weighted by molar-refractivity contribution is -0.126. The van der Waals surface area contributed by atoms with Crippen molar-refractivity contribution in [3.05, 3.63) is 0 Å². The summed E-state index contributed by atoms with van der Waals surface area (Å²) in [6.07, 6.45) is 0.924. The van der Waals surface area contributed by atoms with E-state index in [0.717, 1.165) is 6.42 Å². The van der Waals surface area contributed by atoms with Gasteiger partial charge in [0.1, 0.15) is 5.78 Å². The minimum atomic E-state index is 0.0741. The highest BCUT2D eigenvalue weighted by Gasteiger charge is 2.20. The van der Waals surface area contributed by atoms with Crippen LogP contribution >= 0.6 is 0 Å². The van der Waals surface area contributed by atoms with Gasteiger partial charge in [0.05, 0.1) is 0 Å². The van der Waals surface area contributed by atoms with Gasteiger partial charge in [0.15, 0.2) is 0 Å². The van der Waals surface area contributed by atoms with E-state index in [-0.39, 0.29) is 11.8 Å². The Balaban J connectivity index is 4.06. The summed E-state index contributed by atoms with van der Waals surface area (Å²) in [5, 5.41) is 0. The van der Waals surface area contributed by atoms with Crippen LogP contribution in [-0.2, 0) is 4.79 Å². The lowest BCUT2D eigenvalue weighted by atomic mass is 9.88. The second-order valence-electron chi connectivity index (χ2n) is 4.12. The molecule has 72 valence electrons. The van der Waals surface area contributed by atoms with Gasteiger partial charge in [-0.1, -0.05) is 27.7 Å². The van der Waals surface area contributed by atoms with Gasteiger partial charge in [-0.2, -0.15) is 0 Å². The molecule has 0 aliphatic rings. The van der Waals surface area contributed by atoms with Crippen LogP contribution in [0.4, 0.5) is 0 Å². The van der Waals surface area contributed by atoms with E-state index in [9.17, 15) is 4.79 Å². The number of nitrogens with two attached hydrogens (primary N) is 1. The summed E-state index contributed by atoms with van der Waals surface area (Å²) in [5.74, 6) is 1.06. The van der Waals surface area contributed by atoms with E-state index in [1.807, 2.05) is 13.8 Å². The number of ketones is 1. The van der Waals surface area contributed by atoms with Gasteiger partial charge < -0.3 is 5.73 Å². The predicted molar refractivity (Wildman–Crippen MR) is 51.8 cm³/mol. The maximum atomic E-state index is 11.5. The minimum Gasteiger partial charge on any atom is -0.330 e. The SMILES string of the molecule is CC(C)C[C@H](CN)C(=O)C(C)C. The van der Waals surface area contributed by atoms with Gasteiger partial charge in [-0.3, -0.25) is 4.79 Å². The van der Waals surface area contributed by atoms with Crippen LogP contribution in [-0.4, -0.2) is 12.3 Å². The first-order chi connectivity index (χ1) is 5.49. The molecule has 2 heteroatoms. The molecule has 0 bridgehead atoms. The third kappa shape index (κ3) is 3.86. The highest BCUT2D eigenvalue weighted by atomic mass is 16.1. The maximum Gasteiger partial charge on any atom is 0.139 e. The molecule has 0 heterocycles. The Kier molecular flexibility index (Phi) is 5.14. The summed E-state index contributed by atoms with van der Waals surface area (Å²) in [5.41, 5.74) is 5.54. The van der Waals surface area contributed by atoms with Crippen LogP contribution in [0.15, 0.2) is 0 Å². The fourth-order valence-corrected chi connectivity index (χ4v) is 1.37. The minimum absolute atomic E-state index is 0.0741. The first-order valence-corrected chi connectivity index (χ1v) is 4.72. The molecule has 0 aliphatic carbocycles. The Labute approximate surface area is 75.5 Å². The monoisotopic (exact) mass is 171 g/mol. The molecule has 0 spiro atoms. The molecule has 1 atom stereocenters. The average Bonchev–Trinajstić information content (AvgIpc) is 1.98. The highest BCUT2D eigenvalue weighted by Crippen LogP contribution is 2.15. The summed E-state index contributed by atoms with van der Waals surface area (Å²) in [7, 11) is 0. The third-order valence-electron chi connectivity index (χ3n) is 2.01. The van der Waals surface area contributed by atoms with Gasteiger partial charge in [0.2, 0.25) is 0 Å². The molecule has 0 amide bonds. The van der Waals surface area contributed by atoms with Crippen molar-refractivity contribution in [1.29, 1.82) is 0 Å². The molecular formula is C10H21NO. The number of carbonyl (C=O) groups excluding carboxylic acids is 1. The second-order valence-corrected chi connectivity index (χ2v) is 4.12. The summed E-state index contributed by atoms with van der Waals surface area (Å²) < 4.78 is 0. The molecule has 12 heavy (non-hydrogen) atoms. The summed E-state index contributed by atoms with van der Waals surface area (Å²) in [4.78, 5) is 11.5. The zero-order valence-corrected chi connectivity index (χ0v) is 8.63. The van der Waals surface area contributed by atoms with E-state index in [4.69, 9.17) is 5.73 Å².